The van der Waals surface area contributed by atoms with Crippen LogP contribution in [0.1, 0.15) is 39.2 Å². The Kier molecular flexibility index (Phi) is 3.93. The first-order chi connectivity index (χ1) is 7.47. The maximum absolute atomic E-state index is 11.4. The van der Waals surface area contributed by atoms with E-state index in [1.54, 1.807) is 11.8 Å². The predicted octanol–water partition coefficient (Wildman–Crippen LogP) is 2.77. The van der Waals surface area contributed by atoms with Gasteiger partial charge in [0.1, 0.15) is 0 Å². The Bertz CT molecular complexity index is 386. The molecule has 0 aliphatic carbocycles. The van der Waals surface area contributed by atoms with Gasteiger partial charge in [-0.25, -0.2) is 0 Å². The number of nitrogens with two attached hydrogens (primary N) is 1. The predicted molar refractivity (Wildman–Crippen MR) is 68.6 cm³/mol. The Balaban J connectivity index is 3.09. The molecule has 3 heteroatoms. The first kappa shape index (κ1) is 12.6. The number of carbonyl (C=O) groups is 1. The zero-order valence-corrected chi connectivity index (χ0v) is 10.4. The van der Waals surface area contributed by atoms with Crippen LogP contribution in [0.25, 0.3) is 0 Å². The lowest BCUT2D eigenvalue weighted by Gasteiger charge is -2.21. The van der Waals surface area contributed by atoms with Crippen LogP contribution in [0.3, 0.4) is 0 Å². The van der Waals surface area contributed by atoms with Gasteiger partial charge in [-0.1, -0.05) is 19.9 Å². The molecule has 0 bridgehead atoms. The Hall–Kier alpha value is -1.51. The van der Waals surface area contributed by atoms with Gasteiger partial charge in [0.25, 0.3) is 0 Å². The van der Waals surface area contributed by atoms with Gasteiger partial charge in [0.2, 0.25) is 5.91 Å². The van der Waals surface area contributed by atoms with Crippen LogP contribution in [0.5, 0.6) is 0 Å². The normalized spacial score (nSPS) is 10.6. The first-order valence-electron chi connectivity index (χ1n) is 5.64. The lowest BCUT2D eigenvalue weighted by Crippen LogP contribution is -2.27. The third kappa shape index (κ3) is 2.54. The summed E-state index contributed by atoms with van der Waals surface area (Å²) in [4.78, 5) is 13.1. The summed E-state index contributed by atoms with van der Waals surface area (Å²) in [6, 6.07) is 5.83. The highest BCUT2D eigenvalue weighted by atomic mass is 16.2. The largest absolute Gasteiger partial charge is 0.398 e. The van der Waals surface area contributed by atoms with Crippen LogP contribution in [0.2, 0.25) is 0 Å². The fourth-order valence-corrected chi connectivity index (χ4v) is 1.84. The molecule has 0 saturated heterocycles. The zero-order valence-electron chi connectivity index (χ0n) is 10.4. The first-order valence-corrected chi connectivity index (χ1v) is 5.64. The van der Waals surface area contributed by atoms with Gasteiger partial charge >= 0.3 is 0 Å². The van der Waals surface area contributed by atoms with E-state index >= 15 is 0 Å². The zero-order chi connectivity index (χ0) is 12.3. The van der Waals surface area contributed by atoms with Gasteiger partial charge in [-0.3, -0.25) is 4.79 Å². The minimum absolute atomic E-state index is 0.0409. The third-order valence-electron chi connectivity index (χ3n) is 2.70. The molecule has 0 aromatic heterocycles. The molecule has 0 spiro atoms. The number of carbonyl (C=O) groups excluding carboxylic acids is 1. The Labute approximate surface area is 97.2 Å². The summed E-state index contributed by atoms with van der Waals surface area (Å²) in [6.07, 6.45) is 0. The molecule has 3 nitrogen and oxygen atoms in total. The molecule has 1 aromatic carbocycles. The van der Waals surface area contributed by atoms with Gasteiger partial charge in [-0.05, 0) is 30.5 Å². The van der Waals surface area contributed by atoms with Gasteiger partial charge in [-0.2, -0.15) is 0 Å². The van der Waals surface area contributed by atoms with Crippen molar-refractivity contribution in [1.29, 1.82) is 0 Å². The second kappa shape index (κ2) is 5.01. The molecular formula is C13H20N2O. The molecule has 1 amide bonds. The molecule has 0 unspecified atom stereocenters. The van der Waals surface area contributed by atoms with Crippen molar-refractivity contribution in [2.75, 3.05) is 17.2 Å². The molecule has 2 N–H and O–H groups in total. The van der Waals surface area contributed by atoms with Crippen molar-refractivity contribution in [3.8, 4) is 0 Å². The molecule has 88 valence electrons. The van der Waals surface area contributed by atoms with E-state index in [0.717, 1.165) is 16.9 Å². The maximum Gasteiger partial charge on any atom is 0.223 e. The summed E-state index contributed by atoms with van der Waals surface area (Å²) >= 11 is 0. The molecule has 16 heavy (non-hydrogen) atoms. The number of benzene rings is 1. The lowest BCUT2D eigenvalue weighted by atomic mass is 10.0. The molecule has 0 heterocycles. The monoisotopic (exact) mass is 220 g/mol. The molecule has 0 aliphatic rings. The van der Waals surface area contributed by atoms with Gasteiger partial charge in [0, 0.05) is 24.8 Å². The topological polar surface area (TPSA) is 46.3 Å². The maximum atomic E-state index is 11.4. The van der Waals surface area contributed by atoms with Crippen molar-refractivity contribution < 1.29 is 4.79 Å². The van der Waals surface area contributed by atoms with E-state index in [1.807, 2.05) is 25.1 Å². The van der Waals surface area contributed by atoms with E-state index in [0.29, 0.717) is 12.5 Å². The second-order valence-corrected chi connectivity index (χ2v) is 4.23. The number of nitrogen functional groups attached to an aromatic ring is 1. The van der Waals surface area contributed by atoms with E-state index in [2.05, 4.69) is 13.8 Å². The number of amides is 1. The van der Waals surface area contributed by atoms with E-state index in [9.17, 15) is 4.79 Å². The summed E-state index contributed by atoms with van der Waals surface area (Å²) in [6.45, 7) is 8.39. The van der Waals surface area contributed by atoms with Gasteiger partial charge < -0.3 is 10.6 Å². The van der Waals surface area contributed by atoms with E-state index < -0.39 is 0 Å². The standard InChI is InChI=1S/C13H20N2O/c1-5-15(10(4)16)11-6-7-12(9(2)3)13(14)8-11/h6-9H,5,14H2,1-4H3. The fourth-order valence-electron chi connectivity index (χ4n) is 1.84. The Morgan fingerprint density at radius 3 is 2.44 bits per heavy atom. The molecule has 1 rings (SSSR count). The average molecular weight is 220 g/mol. The van der Waals surface area contributed by atoms with Crippen LogP contribution in [0, 0.1) is 0 Å². The van der Waals surface area contributed by atoms with Crippen LogP contribution in [-0.2, 0) is 4.79 Å². The van der Waals surface area contributed by atoms with Crippen molar-refractivity contribution in [1.82, 2.24) is 0 Å². The quantitative estimate of drug-likeness (QED) is 0.796. The molecular weight excluding hydrogens is 200 g/mol. The van der Waals surface area contributed by atoms with Crippen LogP contribution < -0.4 is 10.6 Å². The average Bonchev–Trinajstić information content (AvgIpc) is 2.17. The second-order valence-electron chi connectivity index (χ2n) is 4.23. The lowest BCUT2D eigenvalue weighted by molar-refractivity contribution is -0.116. The highest BCUT2D eigenvalue weighted by Crippen LogP contribution is 2.26. The minimum Gasteiger partial charge on any atom is -0.398 e. The smallest absolute Gasteiger partial charge is 0.223 e. The minimum atomic E-state index is 0.0409. The number of anilines is 2. The molecule has 0 fully saturated rings. The van der Waals surface area contributed by atoms with E-state index in [1.165, 1.54) is 0 Å². The van der Waals surface area contributed by atoms with Gasteiger partial charge in [0.05, 0.1) is 0 Å². The van der Waals surface area contributed by atoms with Crippen molar-refractivity contribution in [3.05, 3.63) is 23.8 Å². The number of hydrogen-bond acceptors (Lipinski definition) is 2. The molecule has 1 aromatic rings. The number of nitrogens with zero attached hydrogens (tertiary/aromatic N) is 1. The van der Waals surface area contributed by atoms with Gasteiger partial charge in [0.15, 0.2) is 0 Å². The number of rotatable bonds is 3. The van der Waals surface area contributed by atoms with Crippen molar-refractivity contribution >= 4 is 17.3 Å². The van der Waals surface area contributed by atoms with Crippen LogP contribution >= 0.6 is 0 Å². The summed E-state index contributed by atoms with van der Waals surface area (Å²) in [5.41, 5.74) is 8.73. The third-order valence-corrected chi connectivity index (χ3v) is 2.70. The Morgan fingerprint density at radius 1 is 1.44 bits per heavy atom. The fraction of sp³-hybridized carbons (Fsp3) is 0.462. The van der Waals surface area contributed by atoms with E-state index in [4.69, 9.17) is 5.73 Å². The summed E-state index contributed by atoms with van der Waals surface area (Å²) in [5.74, 6) is 0.445. The van der Waals surface area contributed by atoms with Crippen LogP contribution in [0.15, 0.2) is 18.2 Å². The molecule has 0 radical (unpaired) electrons. The Morgan fingerprint density at radius 2 is 2.06 bits per heavy atom. The van der Waals surface area contributed by atoms with E-state index in [-0.39, 0.29) is 5.91 Å². The summed E-state index contributed by atoms with van der Waals surface area (Å²) in [7, 11) is 0. The van der Waals surface area contributed by atoms with Crippen LogP contribution in [-0.4, -0.2) is 12.5 Å². The van der Waals surface area contributed by atoms with Gasteiger partial charge in [-0.15, -0.1) is 0 Å². The highest BCUT2D eigenvalue weighted by molar-refractivity contribution is 5.92. The highest BCUT2D eigenvalue weighted by Gasteiger charge is 2.11. The molecule has 0 saturated carbocycles. The van der Waals surface area contributed by atoms with Crippen molar-refractivity contribution in [2.24, 2.45) is 0 Å². The molecule has 0 atom stereocenters. The van der Waals surface area contributed by atoms with Crippen molar-refractivity contribution in [2.45, 2.75) is 33.6 Å². The molecule has 0 aliphatic heterocycles. The SMILES string of the molecule is CCN(C(C)=O)c1ccc(C(C)C)c(N)c1. The summed E-state index contributed by atoms with van der Waals surface area (Å²) < 4.78 is 0. The van der Waals surface area contributed by atoms with Crippen molar-refractivity contribution in [3.63, 3.8) is 0 Å². The summed E-state index contributed by atoms with van der Waals surface area (Å²) in [5, 5.41) is 0. The number of hydrogen-bond donors (Lipinski definition) is 1. The van der Waals surface area contributed by atoms with Crippen LogP contribution in [0.4, 0.5) is 11.4 Å².